The largest absolute Gasteiger partial charge is 0.497 e. The fourth-order valence-electron chi connectivity index (χ4n) is 2.94. The monoisotopic (exact) mass is 383 g/mol. The average molecular weight is 384 g/mol. The van der Waals surface area contributed by atoms with Crippen LogP contribution in [0.5, 0.6) is 5.75 Å². The number of sulfonamides is 1. The van der Waals surface area contributed by atoms with Gasteiger partial charge in [-0.1, -0.05) is 6.92 Å². The summed E-state index contributed by atoms with van der Waals surface area (Å²) in [6, 6.07) is 7.79. The van der Waals surface area contributed by atoms with E-state index in [1.807, 2.05) is 31.2 Å². The highest BCUT2D eigenvalue weighted by molar-refractivity contribution is 7.89. The van der Waals surface area contributed by atoms with Crippen molar-refractivity contribution in [2.24, 2.45) is 0 Å². The van der Waals surface area contributed by atoms with Gasteiger partial charge in [-0.25, -0.2) is 8.42 Å². The number of rotatable bonds is 9. The second kappa shape index (κ2) is 9.78. The first-order chi connectivity index (χ1) is 12.5. The van der Waals surface area contributed by atoms with Crippen molar-refractivity contribution in [2.45, 2.75) is 26.2 Å². The number of carbonyl (C=O) groups is 1. The average Bonchev–Trinajstić information content (AvgIpc) is 2.66. The summed E-state index contributed by atoms with van der Waals surface area (Å²) in [5.74, 6) is 0.862. The minimum absolute atomic E-state index is 0.0157. The number of ether oxygens (including phenoxy) is 1. The molecule has 0 radical (unpaired) electrons. The van der Waals surface area contributed by atoms with E-state index in [1.54, 1.807) is 11.4 Å². The van der Waals surface area contributed by atoms with Gasteiger partial charge in [0.25, 0.3) is 0 Å². The molecule has 1 N–H and O–H groups in total. The van der Waals surface area contributed by atoms with Crippen LogP contribution in [-0.2, 0) is 14.8 Å². The Labute approximate surface area is 156 Å². The standard InChI is InChI=1S/C18H29N3O4S/c1-3-5-18(22)19-10-4-15-26(23,24)21-13-11-20(12-14-21)16-6-8-17(25-2)9-7-16/h6-9H,3-5,10-15H2,1-2H3,(H,19,22). The highest BCUT2D eigenvalue weighted by Crippen LogP contribution is 2.21. The van der Waals surface area contributed by atoms with Crippen molar-refractivity contribution >= 4 is 21.6 Å². The van der Waals surface area contributed by atoms with Gasteiger partial charge in [0.05, 0.1) is 12.9 Å². The van der Waals surface area contributed by atoms with Crippen LogP contribution >= 0.6 is 0 Å². The summed E-state index contributed by atoms with van der Waals surface area (Å²) in [5.41, 5.74) is 1.07. The zero-order chi connectivity index (χ0) is 19.0. The third kappa shape index (κ3) is 5.88. The molecule has 0 spiro atoms. The maximum atomic E-state index is 12.5. The highest BCUT2D eigenvalue weighted by Gasteiger charge is 2.26. The Morgan fingerprint density at radius 1 is 1.15 bits per heavy atom. The summed E-state index contributed by atoms with van der Waals surface area (Å²) in [6.07, 6.45) is 1.72. The van der Waals surface area contributed by atoms with Gasteiger partial charge in [0.15, 0.2) is 0 Å². The zero-order valence-corrected chi connectivity index (χ0v) is 16.4. The first kappa shape index (κ1) is 20.5. The summed E-state index contributed by atoms with van der Waals surface area (Å²) in [7, 11) is -1.64. The second-order valence-corrected chi connectivity index (χ2v) is 8.44. The van der Waals surface area contributed by atoms with E-state index in [4.69, 9.17) is 4.74 Å². The van der Waals surface area contributed by atoms with Crippen molar-refractivity contribution in [3.05, 3.63) is 24.3 Å². The van der Waals surface area contributed by atoms with Gasteiger partial charge in [-0.3, -0.25) is 4.79 Å². The van der Waals surface area contributed by atoms with Gasteiger partial charge in [0.1, 0.15) is 5.75 Å². The number of anilines is 1. The topological polar surface area (TPSA) is 79.0 Å². The lowest BCUT2D eigenvalue weighted by molar-refractivity contribution is -0.121. The fourth-order valence-corrected chi connectivity index (χ4v) is 4.43. The predicted molar refractivity (Wildman–Crippen MR) is 103 cm³/mol. The first-order valence-electron chi connectivity index (χ1n) is 9.10. The molecule has 0 aliphatic carbocycles. The van der Waals surface area contributed by atoms with Crippen LogP contribution in [0.1, 0.15) is 26.2 Å². The van der Waals surface area contributed by atoms with Gasteiger partial charge in [-0.2, -0.15) is 4.31 Å². The molecule has 1 heterocycles. The van der Waals surface area contributed by atoms with Crippen LogP contribution in [0, 0.1) is 0 Å². The SMILES string of the molecule is CCCC(=O)NCCCS(=O)(=O)N1CCN(c2ccc(OC)cc2)CC1. The summed E-state index contributed by atoms with van der Waals surface area (Å²) in [6.45, 7) is 4.64. The molecule has 8 heteroatoms. The van der Waals surface area contributed by atoms with Crippen molar-refractivity contribution in [1.29, 1.82) is 0 Å². The van der Waals surface area contributed by atoms with Crippen molar-refractivity contribution in [3.63, 3.8) is 0 Å². The molecule has 1 saturated heterocycles. The minimum Gasteiger partial charge on any atom is -0.497 e. The normalized spacial score (nSPS) is 15.7. The molecule has 1 aromatic carbocycles. The van der Waals surface area contributed by atoms with Crippen LogP contribution in [0.3, 0.4) is 0 Å². The Balaban J connectivity index is 1.77. The number of benzene rings is 1. The molecule has 0 bridgehead atoms. The number of carbonyl (C=O) groups excluding carboxylic acids is 1. The van der Waals surface area contributed by atoms with E-state index in [1.165, 1.54) is 0 Å². The Kier molecular flexibility index (Phi) is 7.71. The minimum atomic E-state index is -3.27. The van der Waals surface area contributed by atoms with Gasteiger partial charge >= 0.3 is 0 Å². The van der Waals surface area contributed by atoms with E-state index in [0.29, 0.717) is 45.6 Å². The van der Waals surface area contributed by atoms with Gasteiger partial charge in [0.2, 0.25) is 15.9 Å². The molecular weight excluding hydrogens is 354 g/mol. The lowest BCUT2D eigenvalue weighted by atomic mass is 10.2. The van der Waals surface area contributed by atoms with Gasteiger partial charge in [-0.05, 0) is 37.1 Å². The molecule has 7 nitrogen and oxygen atoms in total. The molecule has 1 fully saturated rings. The summed E-state index contributed by atoms with van der Waals surface area (Å²) in [5, 5.41) is 2.76. The van der Waals surface area contributed by atoms with Crippen LogP contribution in [0.25, 0.3) is 0 Å². The smallest absolute Gasteiger partial charge is 0.219 e. The molecule has 0 unspecified atom stereocenters. The van der Waals surface area contributed by atoms with Crippen LogP contribution in [0.15, 0.2) is 24.3 Å². The Morgan fingerprint density at radius 3 is 2.38 bits per heavy atom. The van der Waals surface area contributed by atoms with E-state index in [2.05, 4.69) is 10.2 Å². The number of methoxy groups -OCH3 is 1. The molecule has 0 aromatic heterocycles. The third-order valence-corrected chi connectivity index (χ3v) is 6.40. The quantitative estimate of drug-likeness (QED) is 0.653. The molecule has 26 heavy (non-hydrogen) atoms. The number of nitrogens with zero attached hydrogens (tertiary/aromatic N) is 2. The summed E-state index contributed by atoms with van der Waals surface area (Å²) < 4.78 is 31.6. The van der Waals surface area contributed by atoms with Crippen LogP contribution in [0.2, 0.25) is 0 Å². The zero-order valence-electron chi connectivity index (χ0n) is 15.6. The predicted octanol–water partition coefficient (Wildman–Crippen LogP) is 1.45. The molecule has 0 saturated carbocycles. The van der Waals surface area contributed by atoms with Crippen LogP contribution in [0.4, 0.5) is 5.69 Å². The molecule has 146 valence electrons. The lowest BCUT2D eigenvalue weighted by Gasteiger charge is -2.35. The van der Waals surface area contributed by atoms with Crippen molar-refractivity contribution < 1.29 is 17.9 Å². The second-order valence-electron chi connectivity index (χ2n) is 6.35. The van der Waals surface area contributed by atoms with Gasteiger partial charge < -0.3 is 15.0 Å². The van der Waals surface area contributed by atoms with Crippen molar-refractivity contribution in [1.82, 2.24) is 9.62 Å². The number of nitrogens with one attached hydrogen (secondary N) is 1. The van der Waals surface area contributed by atoms with E-state index in [0.717, 1.165) is 17.9 Å². The van der Waals surface area contributed by atoms with Crippen LogP contribution < -0.4 is 15.0 Å². The molecule has 2 rings (SSSR count). The number of hydrogen-bond donors (Lipinski definition) is 1. The highest BCUT2D eigenvalue weighted by atomic mass is 32.2. The number of piperazine rings is 1. The fraction of sp³-hybridized carbons (Fsp3) is 0.611. The first-order valence-corrected chi connectivity index (χ1v) is 10.7. The van der Waals surface area contributed by atoms with E-state index < -0.39 is 10.0 Å². The molecular formula is C18H29N3O4S. The van der Waals surface area contributed by atoms with Gasteiger partial charge in [-0.15, -0.1) is 0 Å². The van der Waals surface area contributed by atoms with E-state index in [-0.39, 0.29) is 11.7 Å². The van der Waals surface area contributed by atoms with Crippen LogP contribution in [-0.4, -0.2) is 64.2 Å². The third-order valence-electron chi connectivity index (χ3n) is 4.45. The summed E-state index contributed by atoms with van der Waals surface area (Å²) in [4.78, 5) is 13.6. The van der Waals surface area contributed by atoms with E-state index in [9.17, 15) is 13.2 Å². The lowest BCUT2D eigenvalue weighted by Crippen LogP contribution is -2.49. The molecule has 1 aliphatic rings. The Hall–Kier alpha value is -1.80. The molecule has 1 amide bonds. The Bertz CT molecular complexity index is 668. The Morgan fingerprint density at radius 2 is 1.81 bits per heavy atom. The van der Waals surface area contributed by atoms with Crippen molar-refractivity contribution in [2.75, 3.05) is 50.5 Å². The van der Waals surface area contributed by atoms with E-state index >= 15 is 0 Å². The van der Waals surface area contributed by atoms with Crippen molar-refractivity contribution in [3.8, 4) is 5.75 Å². The maximum Gasteiger partial charge on any atom is 0.219 e. The summed E-state index contributed by atoms with van der Waals surface area (Å²) >= 11 is 0. The number of hydrogen-bond acceptors (Lipinski definition) is 5. The molecule has 1 aliphatic heterocycles. The number of amides is 1. The van der Waals surface area contributed by atoms with Gasteiger partial charge in [0, 0.05) is 44.8 Å². The molecule has 1 aromatic rings. The molecule has 0 atom stereocenters. The maximum absolute atomic E-state index is 12.5.